The number of rotatable bonds is 50. The minimum atomic E-state index is -0.599. The smallest absolute Gasteiger partial charge is 0.343 e. The van der Waals surface area contributed by atoms with Gasteiger partial charge in [-0.25, -0.2) is 19.2 Å². The van der Waals surface area contributed by atoms with E-state index in [0.29, 0.717) is 83.8 Å². The summed E-state index contributed by atoms with van der Waals surface area (Å²) in [7, 11) is 0. The first-order valence-electron chi connectivity index (χ1n) is 39.9. The van der Waals surface area contributed by atoms with Crippen molar-refractivity contribution < 1.29 is 71.4 Å². The van der Waals surface area contributed by atoms with Crippen molar-refractivity contribution in [2.75, 3.05) is 19.8 Å². The van der Waals surface area contributed by atoms with Crippen molar-refractivity contribution in [3.8, 4) is 80.1 Å². The largest absolute Gasteiger partial charge is 0.494 e. The quantitative estimate of drug-likeness (QED) is 0.0197. The molecule has 0 amide bonds. The molecule has 0 aliphatic rings. The lowest BCUT2D eigenvalue weighted by Gasteiger charge is -2.10. The first kappa shape index (κ1) is 83.7. The Morgan fingerprint density at radius 1 is 0.252 bits per heavy atom. The van der Waals surface area contributed by atoms with Crippen molar-refractivity contribution in [2.24, 2.45) is 0 Å². The average Bonchev–Trinajstić information content (AvgIpc) is 0.801. The predicted octanol–water partition coefficient (Wildman–Crippen LogP) is 23.8. The summed E-state index contributed by atoms with van der Waals surface area (Å²) in [5.74, 6) is 1.41. The van der Waals surface area contributed by atoms with Gasteiger partial charge in [0.15, 0.2) is 0 Å². The SMILES string of the molecule is CCCCCCCCCCCCCCOc1ccc(C(=O)Oc2ccc(C(=O)Oc3cccc(-c4ccc(OC(=O)c5ccc(OC(=O)c6ccc(OCCCCCCCCCCC(=O)Oc7ccc(OC(=O)CCCCCCCCCCOc8ccc(-c9ccc(C#N)cc9)cc8)cc7)cc6)cc5)cc4)c3)cc2)cc1. The van der Waals surface area contributed by atoms with E-state index < -0.39 is 23.9 Å². The molecule has 0 spiro atoms. The van der Waals surface area contributed by atoms with Crippen molar-refractivity contribution in [3.63, 3.8) is 0 Å². The zero-order valence-electron chi connectivity index (χ0n) is 64.2. The molecule has 0 aliphatic heterocycles. The van der Waals surface area contributed by atoms with Crippen LogP contribution in [-0.2, 0) is 9.59 Å². The number of unbranched alkanes of at least 4 members (excludes halogenated alkanes) is 25. The van der Waals surface area contributed by atoms with Crippen LogP contribution in [0.1, 0.15) is 247 Å². The van der Waals surface area contributed by atoms with Crippen LogP contribution in [0.4, 0.5) is 0 Å². The fraction of sp³-hybridized carbons (Fsp3) is 0.358. The number of ether oxygens (including phenoxy) is 9. The molecule has 0 aliphatic carbocycles. The lowest BCUT2D eigenvalue weighted by atomic mass is 10.0. The van der Waals surface area contributed by atoms with Crippen LogP contribution in [0, 0.1) is 11.3 Å². The lowest BCUT2D eigenvalue weighted by molar-refractivity contribution is -0.135. The van der Waals surface area contributed by atoms with Gasteiger partial charge in [-0.3, -0.25) is 9.59 Å². The normalized spacial score (nSPS) is 10.9. The Morgan fingerprint density at radius 3 is 0.838 bits per heavy atom. The van der Waals surface area contributed by atoms with Gasteiger partial charge in [0.25, 0.3) is 0 Å². The number of nitrogens with zero attached hydrogens (tertiary/aromatic N) is 1. The van der Waals surface area contributed by atoms with E-state index in [2.05, 4.69) is 13.0 Å². The summed E-state index contributed by atoms with van der Waals surface area (Å²) < 4.78 is 51.4. The molecule has 0 fully saturated rings. The van der Waals surface area contributed by atoms with Crippen LogP contribution in [-0.4, -0.2) is 55.6 Å². The van der Waals surface area contributed by atoms with E-state index in [-0.39, 0.29) is 34.6 Å². The molecule has 0 heterocycles. The highest BCUT2D eigenvalue weighted by Gasteiger charge is 2.17. The lowest BCUT2D eigenvalue weighted by Crippen LogP contribution is -2.10. The van der Waals surface area contributed by atoms with Crippen LogP contribution < -0.4 is 42.6 Å². The molecular weight excluding hydrogens is 1400 g/mol. The standard InChI is InChI=1S/C95H105NO15/c1-2-3-4-5-6-7-8-9-12-17-22-28-68-104-82-55-45-77(46-56-82)93(100)110-88-61-49-79(50-62-88)95(102)111-89-32-30-31-80(70-89)75-41-57-86(58-42-75)108-94(101)78-47-59-87(60-48-78)109-92(99)76-43-53-83(54-44-76)105-69-29-24-19-14-11-16-21-26-34-91(98)107-85-65-63-84(64-66-85)106-90(97)33-25-20-15-10-13-18-23-27-67-103-81-51-39-74(40-52-81)73-37-35-72(71-96)36-38-73/h30-32,35-66,70H,2-29,33-34,67-69H2,1H3. The Morgan fingerprint density at radius 2 is 0.505 bits per heavy atom. The van der Waals surface area contributed by atoms with Gasteiger partial charge >= 0.3 is 35.8 Å². The van der Waals surface area contributed by atoms with Crippen molar-refractivity contribution >= 4 is 35.8 Å². The molecule has 0 unspecified atom stereocenters. The fourth-order valence-corrected chi connectivity index (χ4v) is 12.6. The van der Waals surface area contributed by atoms with E-state index in [9.17, 15) is 28.8 Å². The van der Waals surface area contributed by atoms with Crippen LogP contribution >= 0.6 is 0 Å². The number of hydrogen-bond acceptors (Lipinski definition) is 16. The van der Waals surface area contributed by atoms with Gasteiger partial charge in [-0.05, 0) is 224 Å². The van der Waals surface area contributed by atoms with Gasteiger partial charge in [0.05, 0.1) is 53.7 Å². The first-order chi connectivity index (χ1) is 54.4. The maximum atomic E-state index is 13.2. The van der Waals surface area contributed by atoms with E-state index in [4.69, 9.17) is 47.9 Å². The third-order valence-corrected chi connectivity index (χ3v) is 19.1. The minimum absolute atomic E-state index is 0.255. The molecule has 9 rings (SSSR count). The van der Waals surface area contributed by atoms with Gasteiger partial charge in [-0.1, -0.05) is 203 Å². The molecule has 0 N–H and O–H groups in total. The average molecular weight is 1500 g/mol. The zero-order valence-corrected chi connectivity index (χ0v) is 64.2. The van der Waals surface area contributed by atoms with E-state index >= 15 is 0 Å². The maximum Gasteiger partial charge on any atom is 0.343 e. The molecule has 0 saturated heterocycles. The second-order valence-electron chi connectivity index (χ2n) is 27.9. The zero-order chi connectivity index (χ0) is 77.7. The van der Waals surface area contributed by atoms with Crippen LogP contribution in [0.15, 0.2) is 218 Å². The number of carbonyl (C=O) groups excluding carboxylic acids is 6. The molecule has 9 aromatic carbocycles. The molecule has 111 heavy (non-hydrogen) atoms. The Balaban J connectivity index is 0.549. The van der Waals surface area contributed by atoms with E-state index in [1.807, 2.05) is 54.6 Å². The van der Waals surface area contributed by atoms with Crippen LogP contribution in [0.2, 0.25) is 0 Å². The Bertz CT molecular complexity index is 4300. The Kier molecular flexibility index (Phi) is 36.4. The van der Waals surface area contributed by atoms with Gasteiger partial charge in [0.1, 0.15) is 51.7 Å². The van der Waals surface area contributed by atoms with E-state index in [1.54, 1.807) is 127 Å². The van der Waals surface area contributed by atoms with Gasteiger partial charge in [0, 0.05) is 12.8 Å². The number of carbonyl (C=O) groups is 6. The molecule has 0 aromatic heterocycles. The van der Waals surface area contributed by atoms with E-state index in [0.717, 1.165) is 144 Å². The first-order valence-corrected chi connectivity index (χ1v) is 39.9. The maximum absolute atomic E-state index is 13.2. The monoisotopic (exact) mass is 1500 g/mol. The summed E-state index contributed by atoms with van der Waals surface area (Å²) >= 11 is 0. The molecule has 0 saturated carbocycles. The van der Waals surface area contributed by atoms with Gasteiger partial charge < -0.3 is 42.6 Å². The Hall–Kier alpha value is -11.3. The van der Waals surface area contributed by atoms with Crippen LogP contribution in [0.25, 0.3) is 22.3 Å². The van der Waals surface area contributed by atoms with Crippen molar-refractivity contribution in [1.82, 2.24) is 0 Å². The number of esters is 6. The third kappa shape index (κ3) is 31.3. The third-order valence-electron chi connectivity index (χ3n) is 19.1. The molecule has 16 nitrogen and oxygen atoms in total. The fourth-order valence-electron chi connectivity index (χ4n) is 12.6. The number of nitriles is 1. The highest BCUT2D eigenvalue weighted by atomic mass is 16.6. The minimum Gasteiger partial charge on any atom is -0.494 e. The Labute approximate surface area is 654 Å². The molecular formula is C95H105NO15. The number of benzene rings is 9. The van der Waals surface area contributed by atoms with Gasteiger partial charge in [-0.2, -0.15) is 5.26 Å². The van der Waals surface area contributed by atoms with Crippen molar-refractivity contribution in [1.29, 1.82) is 5.26 Å². The molecule has 9 aromatic rings. The summed E-state index contributed by atoms with van der Waals surface area (Å²) in [5.41, 5.74) is 5.60. The van der Waals surface area contributed by atoms with Gasteiger partial charge in [0.2, 0.25) is 0 Å². The topological polar surface area (TPSA) is 209 Å². The highest BCUT2D eigenvalue weighted by Crippen LogP contribution is 2.30. The summed E-state index contributed by atoms with van der Waals surface area (Å²) in [6, 6.07) is 64.2. The molecule has 0 radical (unpaired) electrons. The molecule has 0 atom stereocenters. The summed E-state index contributed by atoms with van der Waals surface area (Å²) in [6.45, 7) is 4.13. The van der Waals surface area contributed by atoms with Crippen molar-refractivity contribution in [3.05, 3.63) is 246 Å². The second-order valence-corrected chi connectivity index (χ2v) is 27.9. The summed E-state index contributed by atoms with van der Waals surface area (Å²) in [6.07, 6.45) is 32.4. The second kappa shape index (κ2) is 48.3. The van der Waals surface area contributed by atoms with Gasteiger partial charge in [-0.15, -0.1) is 0 Å². The highest BCUT2D eigenvalue weighted by molar-refractivity contribution is 5.94. The van der Waals surface area contributed by atoms with E-state index in [1.165, 1.54) is 101 Å². The molecule has 16 heteroatoms. The summed E-state index contributed by atoms with van der Waals surface area (Å²) in [4.78, 5) is 77.3. The predicted molar refractivity (Wildman–Crippen MR) is 432 cm³/mol. The van der Waals surface area contributed by atoms with Crippen LogP contribution in [0.5, 0.6) is 51.7 Å². The molecule has 0 bridgehead atoms. The summed E-state index contributed by atoms with van der Waals surface area (Å²) in [5, 5.41) is 9.02. The molecule has 580 valence electrons. The number of hydrogen-bond donors (Lipinski definition) is 0. The van der Waals surface area contributed by atoms with Crippen molar-refractivity contribution in [2.45, 2.75) is 200 Å². The van der Waals surface area contributed by atoms with Crippen LogP contribution in [0.3, 0.4) is 0 Å².